The van der Waals surface area contributed by atoms with Crippen molar-refractivity contribution in [2.24, 2.45) is 5.73 Å². The number of rotatable bonds is 3. The van der Waals surface area contributed by atoms with Crippen molar-refractivity contribution in [2.75, 3.05) is 0 Å². The number of aliphatic carboxylic acids is 1. The van der Waals surface area contributed by atoms with Crippen molar-refractivity contribution in [1.29, 1.82) is 0 Å². The molecule has 7 heteroatoms. The van der Waals surface area contributed by atoms with Gasteiger partial charge in [-0.15, -0.1) is 12.4 Å². The molecule has 0 spiro atoms. The van der Waals surface area contributed by atoms with Crippen molar-refractivity contribution in [3.8, 4) is 0 Å². The SMILES string of the molecule is Cl.N[C@@H](Cc1ccccc1C(F)(F)F)C(=O)O. The Morgan fingerprint density at radius 3 is 2.35 bits per heavy atom. The van der Waals surface area contributed by atoms with Crippen molar-refractivity contribution in [2.45, 2.75) is 18.6 Å². The second-order valence-corrected chi connectivity index (χ2v) is 3.30. The zero-order valence-corrected chi connectivity index (χ0v) is 9.39. The van der Waals surface area contributed by atoms with Crippen LogP contribution in [-0.2, 0) is 17.4 Å². The largest absolute Gasteiger partial charge is 0.480 e. The molecule has 0 saturated heterocycles. The van der Waals surface area contributed by atoms with Crippen LogP contribution in [0.15, 0.2) is 24.3 Å². The van der Waals surface area contributed by atoms with Gasteiger partial charge in [0.1, 0.15) is 6.04 Å². The lowest BCUT2D eigenvalue weighted by atomic mass is 10.0. The first kappa shape index (κ1) is 15.7. The molecule has 1 atom stereocenters. The summed E-state index contributed by atoms with van der Waals surface area (Å²) >= 11 is 0. The molecule has 0 saturated carbocycles. The molecule has 0 aliphatic heterocycles. The van der Waals surface area contributed by atoms with E-state index >= 15 is 0 Å². The first-order valence-electron chi connectivity index (χ1n) is 4.46. The number of carboxylic acids is 1. The average molecular weight is 270 g/mol. The van der Waals surface area contributed by atoms with Gasteiger partial charge in [-0.3, -0.25) is 4.79 Å². The topological polar surface area (TPSA) is 63.3 Å². The zero-order valence-electron chi connectivity index (χ0n) is 8.57. The lowest BCUT2D eigenvalue weighted by molar-refractivity contribution is -0.140. The fourth-order valence-electron chi connectivity index (χ4n) is 1.30. The van der Waals surface area contributed by atoms with E-state index in [1.807, 2.05) is 0 Å². The highest BCUT2D eigenvalue weighted by Crippen LogP contribution is 2.32. The van der Waals surface area contributed by atoms with Crippen molar-refractivity contribution in [1.82, 2.24) is 0 Å². The minimum Gasteiger partial charge on any atom is -0.480 e. The Morgan fingerprint density at radius 2 is 1.88 bits per heavy atom. The van der Waals surface area contributed by atoms with Crippen molar-refractivity contribution < 1.29 is 23.1 Å². The smallest absolute Gasteiger partial charge is 0.416 e. The molecule has 1 aromatic rings. The van der Waals surface area contributed by atoms with Crippen molar-refractivity contribution >= 4 is 18.4 Å². The molecule has 0 unspecified atom stereocenters. The number of hydrogen-bond donors (Lipinski definition) is 2. The Labute approximate surface area is 102 Å². The predicted molar refractivity (Wildman–Crippen MR) is 58.0 cm³/mol. The third-order valence-corrected chi connectivity index (χ3v) is 2.08. The monoisotopic (exact) mass is 269 g/mol. The molecule has 1 rings (SSSR count). The minimum absolute atomic E-state index is 0. The summed E-state index contributed by atoms with van der Waals surface area (Å²) in [6.07, 6.45) is -4.83. The quantitative estimate of drug-likeness (QED) is 0.883. The summed E-state index contributed by atoms with van der Waals surface area (Å²) in [6.45, 7) is 0. The van der Waals surface area contributed by atoms with Crippen molar-refractivity contribution in [3.05, 3.63) is 35.4 Å². The summed E-state index contributed by atoms with van der Waals surface area (Å²) in [7, 11) is 0. The second-order valence-electron chi connectivity index (χ2n) is 3.30. The Morgan fingerprint density at radius 1 is 1.35 bits per heavy atom. The highest BCUT2D eigenvalue weighted by Gasteiger charge is 2.33. The maximum Gasteiger partial charge on any atom is 0.416 e. The molecule has 0 aliphatic rings. The third kappa shape index (κ3) is 4.24. The number of alkyl halides is 3. The second kappa shape index (κ2) is 5.88. The molecule has 3 N–H and O–H groups in total. The number of benzene rings is 1. The summed E-state index contributed by atoms with van der Waals surface area (Å²) in [5.41, 5.74) is 4.25. The Bertz CT molecular complexity index is 395. The number of nitrogens with two attached hydrogens (primary N) is 1. The first-order valence-corrected chi connectivity index (χ1v) is 4.46. The summed E-state index contributed by atoms with van der Waals surface area (Å²) in [5.74, 6) is -1.32. The number of carboxylic acid groups (broad SMARTS) is 1. The fourth-order valence-corrected chi connectivity index (χ4v) is 1.30. The van der Waals surface area contributed by atoms with E-state index in [-0.39, 0.29) is 24.4 Å². The van der Waals surface area contributed by atoms with Crippen LogP contribution in [0.4, 0.5) is 13.2 Å². The molecule has 0 fully saturated rings. The fraction of sp³-hybridized carbons (Fsp3) is 0.300. The van der Waals surface area contributed by atoms with Gasteiger partial charge in [0, 0.05) is 0 Å². The van der Waals surface area contributed by atoms with Gasteiger partial charge in [0.2, 0.25) is 0 Å². The van der Waals surface area contributed by atoms with Gasteiger partial charge >= 0.3 is 12.1 Å². The first-order chi connectivity index (χ1) is 7.32. The lowest BCUT2D eigenvalue weighted by Gasteiger charge is -2.14. The molecule has 0 radical (unpaired) electrons. The Balaban J connectivity index is 0.00000256. The van der Waals surface area contributed by atoms with Gasteiger partial charge in [0.05, 0.1) is 5.56 Å². The summed E-state index contributed by atoms with van der Waals surface area (Å²) in [5, 5.41) is 8.53. The Hall–Kier alpha value is -1.27. The van der Waals surface area contributed by atoms with Crippen LogP contribution < -0.4 is 5.73 Å². The molecule has 96 valence electrons. The molecule has 1 aromatic carbocycles. The van der Waals surface area contributed by atoms with E-state index in [2.05, 4.69) is 0 Å². The standard InChI is InChI=1S/C10H10F3NO2.ClH/c11-10(12,13)7-4-2-1-3-6(7)5-8(14)9(15)16;/h1-4,8H,5,14H2,(H,15,16);1H/t8-;/m0./s1. The van der Waals surface area contributed by atoms with Gasteiger partial charge < -0.3 is 10.8 Å². The van der Waals surface area contributed by atoms with Gasteiger partial charge in [-0.05, 0) is 18.1 Å². The summed E-state index contributed by atoms with van der Waals surface area (Å²) < 4.78 is 37.5. The van der Waals surface area contributed by atoms with Crippen LogP contribution in [0.1, 0.15) is 11.1 Å². The molecule has 17 heavy (non-hydrogen) atoms. The van der Waals surface area contributed by atoms with E-state index in [9.17, 15) is 18.0 Å². The number of halogens is 4. The molecule has 0 aromatic heterocycles. The van der Waals surface area contributed by atoms with E-state index in [1.54, 1.807) is 0 Å². The van der Waals surface area contributed by atoms with Crippen LogP contribution in [0.3, 0.4) is 0 Å². The molecule has 0 amide bonds. The molecule has 3 nitrogen and oxygen atoms in total. The molecule has 0 heterocycles. The van der Waals surface area contributed by atoms with Crippen LogP contribution in [0.2, 0.25) is 0 Å². The van der Waals surface area contributed by atoms with Crippen molar-refractivity contribution in [3.63, 3.8) is 0 Å². The minimum atomic E-state index is -4.49. The zero-order chi connectivity index (χ0) is 12.3. The highest BCUT2D eigenvalue weighted by molar-refractivity contribution is 5.85. The highest BCUT2D eigenvalue weighted by atomic mass is 35.5. The normalized spacial score (nSPS) is 12.7. The third-order valence-electron chi connectivity index (χ3n) is 2.08. The Kier molecular flexibility index (Phi) is 5.44. The summed E-state index contributed by atoms with van der Waals surface area (Å²) in [4.78, 5) is 10.5. The van der Waals surface area contributed by atoms with E-state index < -0.39 is 23.8 Å². The van der Waals surface area contributed by atoms with Gasteiger partial charge in [-0.25, -0.2) is 0 Å². The molecular weight excluding hydrogens is 259 g/mol. The van der Waals surface area contributed by atoms with E-state index in [0.29, 0.717) is 0 Å². The maximum atomic E-state index is 12.5. The van der Waals surface area contributed by atoms with Crippen LogP contribution in [0.5, 0.6) is 0 Å². The lowest BCUT2D eigenvalue weighted by Crippen LogP contribution is -2.33. The van der Waals surface area contributed by atoms with Gasteiger partial charge in [0.15, 0.2) is 0 Å². The van der Waals surface area contributed by atoms with Crippen LogP contribution in [0, 0.1) is 0 Å². The molecule has 0 aliphatic carbocycles. The van der Waals surface area contributed by atoms with Gasteiger partial charge in [-0.2, -0.15) is 13.2 Å². The van der Waals surface area contributed by atoms with Gasteiger partial charge in [-0.1, -0.05) is 18.2 Å². The molecule has 0 bridgehead atoms. The maximum absolute atomic E-state index is 12.5. The molecular formula is C10H11ClF3NO2. The average Bonchev–Trinajstić information content (AvgIpc) is 2.16. The summed E-state index contributed by atoms with van der Waals surface area (Å²) in [6, 6.07) is 3.47. The van der Waals surface area contributed by atoms with E-state index in [1.165, 1.54) is 18.2 Å². The van der Waals surface area contributed by atoms with E-state index in [0.717, 1.165) is 6.07 Å². The number of hydrogen-bond acceptors (Lipinski definition) is 2. The van der Waals surface area contributed by atoms with Gasteiger partial charge in [0.25, 0.3) is 0 Å². The van der Waals surface area contributed by atoms with E-state index in [4.69, 9.17) is 10.8 Å². The predicted octanol–water partition coefficient (Wildman–Crippen LogP) is 2.08. The van der Waals surface area contributed by atoms with Crippen LogP contribution in [-0.4, -0.2) is 17.1 Å². The van der Waals surface area contributed by atoms with Crippen LogP contribution in [0.25, 0.3) is 0 Å². The van der Waals surface area contributed by atoms with Crippen LogP contribution >= 0.6 is 12.4 Å². The number of carbonyl (C=O) groups is 1.